The lowest BCUT2D eigenvalue weighted by molar-refractivity contribution is -0.197. The number of halogens is 6. The van der Waals surface area contributed by atoms with E-state index >= 15 is 0 Å². The van der Waals surface area contributed by atoms with Crippen molar-refractivity contribution in [3.63, 3.8) is 0 Å². The number of alkyl halides is 6. The highest BCUT2D eigenvalue weighted by molar-refractivity contribution is 7.80. The molecule has 5 heterocycles. The molecule has 4 amide bonds. The van der Waals surface area contributed by atoms with Gasteiger partial charge in [0, 0.05) is 44.5 Å². The van der Waals surface area contributed by atoms with E-state index in [1.54, 1.807) is 48.9 Å². The Hall–Kier alpha value is -5.20. The van der Waals surface area contributed by atoms with Gasteiger partial charge in [-0.2, -0.15) is 36.7 Å². The molecule has 2 atom stereocenters. The lowest BCUT2D eigenvalue weighted by atomic mass is 9.82. The summed E-state index contributed by atoms with van der Waals surface area (Å²) in [5.41, 5.74) is -2.11. The Bertz CT molecular complexity index is 2320. The van der Waals surface area contributed by atoms with E-state index in [0.717, 1.165) is 41.3 Å². The maximum absolute atomic E-state index is 14.5. The van der Waals surface area contributed by atoms with Gasteiger partial charge in [-0.05, 0) is 95.6 Å². The predicted octanol–water partition coefficient (Wildman–Crippen LogP) is 5.62. The number of carbonyl (C=O) groups excluding carboxylic acids is 4. The van der Waals surface area contributed by atoms with Gasteiger partial charge >= 0.3 is 12.4 Å². The number of aromatic nitrogens is 3. The SMILES string of the molecule is Cn1nc(C2CCC(=O)NC2=O)c2cccc(NC(=O)CN3CCN(CCCC4CCC(N5C(=S)N(c6cnc(C#N)c(C(F)(F)F)c6)C(=O)C5(C)C)CC4)C[C@@H]3C(F)(F)F)c21. The van der Waals surface area contributed by atoms with E-state index in [9.17, 15) is 45.5 Å². The number of imide groups is 1. The van der Waals surface area contributed by atoms with Crippen LogP contribution < -0.4 is 15.5 Å². The Morgan fingerprint density at radius 3 is 2.45 bits per heavy atom. The fourth-order valence-electron chi connectivity index (χ4n) is 9.46. The molecule has 1 aromatic carbocycles. The molecule has 4 fully saturated rings. The molecule has 21 heteroatoms. The van der Waals surface area contributed by atoms with E-state index in [-0.39, 0.29) is 54.6 Å². The maximum atomic E-state index is 14.5. The van der Waals surface area contributed by atoms with E-state index in [1.165, 1.54) is 10.8 Å². The smallest absolute Gasteiger partial charge is 0.331 e. The van der Waals surface area contributed by atoms with E-state index < -0.39 is 65.4 Å². The first-order valence-corrected chi connectivity index (χ1v) is 20.9. The van der Waals surface area contributed by atoms with Crippen LogP contribution in [0, 0.1) is 17.2 Å². The largest absolute Gasteiger partial charge is 0.419 e. The lowest BCUT2D eigenvalue weighted by Crippen LogP contribution is -2.60. The zero-order chi connectivity index (χ0) is 44.9. The molecule has 332 valence electrons. The van der Waals surface area contributed by atoms with Gasteiger partial charge in [-0.25, -0.2) is 4.98 Å². The molecule has 1 saturated carbocycles. The summed E-state index contributed by atoms with van der Waals surface area (Å²) in [5, 5.41) is 19.4. The quantitative estimate of drug-likeness (QED) is 0.148. The fourth-order valence-corrected chi connectivity index (χ4v) is 10.0. The molecular weight excluding hydrogens is 843 g/mol. The molecular formula is C41H46F6N10O4S. The number of nitriles is 1. The summed E-state index contributed by atoms with van der Waals surface area (Å²) < 4.78 is 86.1. The zero-order valence-corrected chi connectivity index (χ0v) is 35.1. The van der Waals surface area contributed by atoms with Crippen LogP contribution in [0.3, 0.4) is 0 Å². The predicted molar refractivity (Wildman–Crippen MR) is 217 cm³/mol. The third kappa shape index (κ3) is 8.86. The van der Waals surface area contributed by atoms with E-state index in [1.807, 2.05) is 0 Å². The number of amides is 4. The van der Waals surface area contributed by atoms with Crippen molar-refractivity contribution in [3.05, 3.63) is 47.4 Å². The summed E-state index contributed by atoms with van der Waals surface area (Å²) in [5.74, 6) is -2.35. The average molecular weight is 889 g/mol. The van der Waals surface area contributed by atoms with Gasteiger partial charge in [0.2, 0.25) is 17.7 Å². The van der Waals surface area contributed by atoms with E-state index in [4.69, 9.17) is 17.5 Å². The van der Waals surface area contributed by atoms with Crippen molar-refractivity contribution < 1.29 is 45.5 Å². The van der Waals surface area contributed by atoms with Crippen LogP contribution in [0.5, 0.6) is 0 Å². The highest BCUT2D eigenvalue weighted by Crippen LogP contribution is 2.42. The normalized spacial score (nSPS) is 24.1. The van der Waals surface area contributed by atoms with Crippen LogP contribution >= 0.6 is 12.2 Å². The minimum atomic E-state index is -4.87. The molecule has 14 nitrogen and oxygen atoms in total. The first kappa shape index (κ1) is 44.8. The second-order valence-electron chi connectivity index (χ2n) is 17.0. The minimum absolute atomic E-state index is 0.0234. The number of piperazine rings is 1. The fraction of sp³-hybridized carbons (Fsp3) is 0.561. The number of piperidine rings is 1. The van der Waals surface area contributed by atoms with Crippen molar-refractivity contribution in [1.82, 2.24) is 34.8 Å². The number of nitrogens with zero attached hydrogens (tertiary/aromatic N) is 8. The van der Waals surface area contributed by atoms with Crippen LogP contribution in [-0.4, -0.2) is 115 Å². The van der Waals surface area contributed by atoms with Crippen molar-refractivity contribution in [1.29, 1.82) is 5.26 Å². The number of carbonyl (C=O) groups is 4. The second-order valence-corrected chi connectivity index (χ2v) is 17.3. The molecule has 7 rings (SSSR count). The maximum Gasteiger partial charge on any atom is 0.419 e. The number of aryl methyl sites for hydroxylation is 1. The van der Waals surface area contributed by atoms with E-state index in [2.05, 4.69) is 20.7 Å². The molecule has 62 heavy (non-hydrogen) atoms. The standard InChI is InChI=1S/C41H46F6N10O4S/c1-39(2)37(61)56(25-18-28(40(42,43)44)30(19-48)49-20-25)38(62)57(39)24-11-9-23(10-12-24)6-5-15-54-16-17-55(31(21-54)41(45,46)47)22-33(59)50-29-8-4-7-26-34(52-53(3)35(26)29)27-13-14-32(58)51-36(27)60/h4,7-8,18,20,23-24,27,31H,5-6,9-17,21-22H2,1-3H3,(H,50,59)(H,51,58,60)/t23?,24?,27?,31-/m1/s1. The van der Waals surface area contributed by atoms with Crippen LogP contribution in [0.2, 0.25) is 0 Å². The van der Waals surface area contributed by atoms with Gasteiger partial charge < -0.3 is 15.1 Å². The number of para-hydroxylation sites is 1. The molecule has 2 N–H and O–H groups in total. The van der Waals surface area contributed by atoms with E-state index in [0.29, 0.717) is 54.6 Å². The Morgan fingerprint density at radius 2 is 1.79 bits per heavy atom. The number of nitrogens with one attached hydrogen (secondary N) is 2. The summed E-state index contributed by atoms with van der Waals surface area (Å²) in [6.07, 6.45) is -3.71. The highest BCUT2D eigenvalue weighted by atomic mass is 32.1. The Morgan fingerprint density at radius 1 is 1.06 bits per heavy atom. The summed E-state index contributed by atoms with van der Waals surface area (Å²) in [6, 6.07) is 5.15. The lowest BCUT2D eigenvalue weighted by Gasteiger charge is -2.42. The summed E-state index contributed by atoms with van der Waals surface area (Å²) in [4.78, 5) is 60.6. The molecule has 0 spiro atoms. The molecule has 3 saturated heterocycles. The topological polar surface area (TPSA) is 160 Å². The number of fused-ring (bicyclic) bond motifs is 1. The molecule has 2 aromatic heterocycles. The summed E-state index contributed by atoms with van der Waals surface area (Å²) >= 11 is 5.69. The van der Waals surface area contributed by atoms with Crippen LogP contribution in [0.1, 0.15) is 88.1 Å². The van der Waals surface area contributed by atoms with Crippen molar-refractivity contribution >= 4 is 63.2 Å². The summed E-state index contributed by atoms with van der Waals surface area (Å²) in [6.45, 7) is 3.35. The van der Waals surface area contributed by atoms with Crippen molar-refractivity contribution in [3.8, 4) is 6.07 Å². The van der Waals surface area contributed by atoms with Gasteiger partial charge in [-0.15, -0.1) is 0 Å². The highest BCUT2D eigenvalue weighted by Gasteiger charge is 2.53. The number of hydrogen-bond acceptors (Lipinski definition) is 10. The van der Waals surface area contributed by atoms with Gasteiger partial charge in [-0.3, -0.25) is 39.0 Å². The van der Waals surface area contributed by atoms with Crippen LogP contribution in [0.15, 0.2) is 30.5 Å². The number of benzene rings is 1. The van der Waals surface area contributed by atoms with Gasteiger partial charge in [0.15, 0.2) is 10.8 Å². The first-order chi connectivity index (χ1) is 29.2. The van der Waals surface area contributed by atoms with Crippen LogP contribution in [0.4, 0.5) is 37.7 Å². The van der Waals surface area contributed by atoms with Crippen LogP contribution in [0.25, 0.3) is 10.9 Å². The van der Waals surface area contributed by atoms with Crippen molar-refractivity contribution in [2.45, 2.75) is 101 Å². The Labute approximate surface area is 358 Å². The molecule has 1 aliphatic carbocycles. The Balaban J connectivity index is 0.910. The monoisotopic (exact) mass is 888 g/mol. The van der Waals surface area contributed by atoms with Gasteiger partial charge in [-0.1, -0.05) is 12.1 Å². The minimum Gasteiger partial charge on any atom is -0.331 e. The van der Waals surface area contributed by atoms with Crippen molar-refractivity contribution in [2.75, 3.05) is 42.9 Å². The number of hydrogen-bond donors (Lipinski definition) is 2. The van der Waals surface area contributed by atoms with Crippen molar-refractivity contribution in [2.24, 2.45) is 13.0 Å². The molecule has 4 aliphatic rings. The molecule has 0 bridgehead atoms. The average Bonchev–Trinajstić information content (AvgIpc) is 3.63. The molecule has 1 unspecified atom stereocenters. The van der Waals surface area contributed by atoms with Gasteiger partial charge in [0.05, 0.1) is 46.8 Å². The molecule has 3 aromatic rings. The van der Waals surface area contributed by atoms with Gasteiger partial charge in [0.1, 0.15) is 17.6 Å². The number of anilines is 2. The first-order valence-electron chi connectivity index (χ1n) is 20.5. The third-order valence-corrected chi connectivity index (χ3v) is 13.0. The van der Waals surface area contributed by atoms with Gasteiger partial charge in [0.25, 0.3) is 5.91 Å². The summed E-state index contributed by atoms with van der Waals surface area (Å²) in [7, 11) is 1.64. The molecule has 3 aliphatic heterocycles. The molecule has 0 radical (unpaired) electrons. The second kappa shape index (κ2) is 17.2. The number of thiocarbonyl (C=S) groups is 1. The Kier molecular flexibility index (Phi) is 12.4. The van der Waals surface area contributed by atoms with Crippen LogP contribution in [-0.2, 0) is 32.4 Å². The third-order valence-electron chi connectivity index (χ3n) is 12.6. The number of rotatable bonds is 10. The zero-order valence-electron chi connectivity index (χ0n) is 34.3. The number of pyridine rings is 1.